The topological polar surface area (TPSA) is 483 Å². The van der Waals surface area contributed by atoms with Crippen LogP contribution in [0, 0.1) is 35.1 Å². The second kappa shape index (κ2) is 42.5. The van der Waals surface area contributed by atoms with Crippen LogP contribution in [0.15, 0.2) is 60.7 Å². The van der Waals surface area contributed by atoms with Gasteiger partial charge in [-0.15, -0.1) is 0 Å². The second-order valence-corrected chi connectivity index (χ2v) is 34.5. The molecule has 0 radical (unpaired) electrons. The maximum Gasteiger partial charge on any atom is 0.469 e. The third kappa shape index (κ3) is 26.0. The van der Waals surface area contributed by atoms with Gasteiger partial charge in [0.1, 0.15) is 108 Å². The van der Waals surface area contributed by atoms with Gasteiger partial charge in [-0.1, -0.05) is 65.5 Å². The highest BCUT2D eigenvalue weighted by Crippen LogP contribution is 2.43. The molecule has 12 amide bonds. The molecule has 0 saturated carbocycles. The Bertz CT molecular complexity index is 4330. The number of allylic oxidation sites excluding steroid dienone is 2. The predicted molar refractivity (Wildman–Crippen MR) is 418 cm³/mol. The molecule has 42 heteroatoms. The van der Waals surface area contributed by atoms with E-state index in [4.69, 9.17) is 18.5 Å². The van der Waals surface area contributed by atoms with Crippen LogP contribution in [-0.4, -0.2) is 268 Å². The maximum absolute atomic E-state index is 14.9. The summed E-state index contributed by atoms with van der Waals surface area (Å²) in [5, 5.41) is 15.3. The van der Waals surface area contributed by atoms with Crippen LogP contribution in [0.1, 0.15) is 162 Å². The number of nitrogens with zero attached hydrogens (tertiary/aromatic N) is 6. The van der Waals surface area contributed by atoms with Gasteiger partial charge in [-0.2, -0.15) is 0 Å². The first-order valence-corrected chi connectivity index (χ1v) is 43.9. The summed E-state index contributed by atoms with van der Waals surface area (Å²) >= 11 is 0. The van der Waals surface area contributed by atoms with Crippen molar-refractivity contribution in [3.05, 3.63) is 95.1 Å². The zero-order valence-corrected chi connectivity index (χ0v) is 70.1. The van der Waals surface area contributed by atoms with Crippen LogP contribution in [0.2, 0.25) is 0 Å². The zero-order chi connectivity index (χ0) is 88.6. The number of piperidine rings is 2. The largest absolute Gasteiger partial charge is 0.469 e. The SMILES string of the molecule is CCCC/C=C/C(=O)N[C@@H](Cc1cc(F)cc(F)c1)C(=O)N[C@@H]1C(=O)N2C[C@H](OP(=O)(O)O)C[C@H]2C(=O)N2CCCC[C@H]2C(=O)N[C@@H](C)C(=O)N2C[C@H](C)CC2C(=O)O[C@H]1C.CCCC/C=C/C(=O)N[C@@H](Cc1cc(F)cc(F)c1)C(=O)N[C@H]1COC(=O)C2C[C@@H](C)CN2C(=O)[C@H](C)NC(=O)[C@@H]2CCCCN2C(=O)[C@@H]2C[C@@H](OP(=O)(O)O)CN2C1=O. The van der Waals surface area contributed by atoms with E-state index in [9.17, 15) is 113 Å². The fourth-order valence-electron chi connectivity index (χ4n) is 16.5. The molecule has 666 valence electrons. The first-order chi connectivity index (χ1) is 57.1. The molecule has 0 bridgehead atoms. The molecular formula is C79H108F4N12O24P2. The molecular weight excluding hydrogens is 1640 g/mol. The molecule has 10 rings (SSSR count). The van der Waals surface area contributed by atoms with Crippen molar-refractivity contribution in [2.75, 3.05) is 45.9 Å². The number of nitrogens with one attached hydrogen (secondary N) is 6. The van der Waals surface area contributed by atoms with E-state index in [1.54, 1.807) is 19.1 Å². The number of cyclic esters (lactones) is 2. The van der Waals surface area contributed by atoms with Gasteiger partial charge < -0.3 is 90.3 Å². The molecule has 8 saturated heterocycles. The Hall–Kier alpha value is -9.56. The second-order valence-electron chi connectivity index (χ2n) is 32.2. The molecule has 0 spiro atoms. The lowest BCUT2D eigenvalue weighted by atomic mass is 9.98. The molecule has 8 fully saturated rings. The molecule has 8 aliphatic rings. The van der Waals surface area contributed by atoms with Crippen LogP contribution >= 0.6 is 15.6 Å². The molecule has 0 aliphatic carbocycles. The number of ether oxygens (including phenoxy) is 2. The minimum atomic E-state index is -5.19. The van der Waals surface area contributed by atoms with E-state index in [1.807, 2.05) is 20.8 Å². The van der Waals surface area contributed by atoms with Crippen molar-refractivity contribution in [1.29, 1.82) is 0 Å². The highest BCUT2D eigenvalue weighted by molar-refractivity contribution is 7.46. The number of hydrogen-bond donors (Lipinski definition) is 10. The van der Waals surface area contributed by atoms with E-state index in [1.165, 1.54) is 52.5 Å². The number of esters is 2. The van der Waals surface area contributed by atoms with Crippen molar-refractivity contribution in [2.45, 2.75) is 255 Å². The fraction of sp³-hybridized carbons (Fsp3) is 0.620. The van der Waals surface area contributed by atoms with Crippen molar-refractivity contribution in [3.8, 4) is 0 Å². The van der Waals surface area contributed by atoms with E-state index in [-0.39, 0.29) is 74.8 Å². The van der Waals surface area contributed by atoms with Gasteiger partial charge in [0.05, 0.1) is 12.2 Å². The van der Waals surface area contributed by atoms with Crippen LogP contribution in [0.4, 0.5) is 17.6 Å². The van der Waals surface area contributed by atoms with Crippen LogP contribution in [0.5, 0.6) is 0 Å². The number of carbonyl (C=O) groups is 14. The zero-order valence-electron chi connectivity index (χ0n) is 68.3. The summed E-state index contributed by atoms with van der Waals surface area (Å²) in [5.41, 5.74) is -0.0652. The first-order valence-electron chi connectivity index (χ1n) is 40.8. The smallest absolute Gasteiger partial charge is 0.461 e. The lowest BCUT2D eigenvalue weighted by Gasteiger charge is -2.39. The van der Waals surface area contributed by atoms with Gasteiger partial charge in [-0.3, -0.25) is 66.6 Å². The van der Waals surface area contributed by atoms with Crippen LogP contribution in [0.3, 0.4) is 0 Å². The minimum Gasteiger partial charge on any atom is -0.461 e. The van der Waals surface area contributed by atoms with Crippen LogP contribution in [0.25, 0.3) is 0 Å². The number of hydrogen-bond acceptors (Lipinski definition) is 20. The summed E-state index contributed by atoms with van der Waals surface area (Å²) in [6.45, 7) is 10.1. The van der Waals surface area contributed by atoms with Crippen molar-refractivity contribution in [3.63, 3.8) is 0 Å². The number of amides is 12. The van der Waals surface area contributed by atoms with Gasteiger partial charge in [0, 0.05) is 77.1 Å². The molecule has 0 aromatic heterocycles. The summed E-state index contributed by atoms with van der Waals surface area (Å²) in [6.07, 6.45) is 6.45. The number of phosphoric ester groups is 2. The third-order valence-electron chi connectivity index (χ3n) is 22.3. The lowest BCUT2D eigenvalue weighted by molar-refractivity contribution is -0.163. The summed E-state index contributed by atoms with van der Waals surface area (Å²) in [5.74, 6) is -15.8. The Kier molecular flexibility index (Phi) is 33.5. The monoisotopic (exact) mass is 1750 g/mol. The summed E-state index contributed by atoms with van der Waals surface area (Å²) < 4.78 is 102. The number of benzene rings is 2. The maximum atomic E-state index is 14.9. The highest BCUT2D eigenvalue weighted by Gasteiger charge is 2.53. The standard InChI is InChI=1S/C40H55F2N6O12P.C39H53F2N6O12P/c1-5-6-7-8-12-33(49)44-29(17-25-15-26(41)18-27(42)16-25)35(50)45-34-24(4)59-40(55)32-14-22(2)20-47(32)37(52)23(3)43-36(51)30-11-9-10-13-46(30)38(53)31-19-28(60-61(56,57)58)21-48(31)39(34)54;1-4-5-6-7-11-33(48)43-28(16-24-14-25(40)17-26(41)15-24)34(49)44-29-21-58-39(54)32-13-22(2)19-46(32)36(51)23(3)42-35(50)30-10-8-9-12-45(30)38(53)31-18-27(59-60(55,56)57)20-47(31)37(29)52/h8,12,15-16,18,22-24,28-32,34H,5-7,9-11,13-14,17,19-21H2,1-4H3,(H,43,51)(H,44,49)(H,45,50)(H2,56,57,58);7,11,14-15,17,22-23,27-32H,4-6,8-10,12-13,16,18-21H2,1-3H3,(H,42,50)(H,43,48)(H,44,49)(H2,55,56,57)/b12-8+;11-7+/t22-,23+,24+,28-,29+,30+,31+,32?,34+;22-,23+,27-,28+,29+,30+,31+,32?/m11/s1. The quantitative estimate of drug-likeness (QED) is 0.0266. The number of carbonyl (C=O) groups excluding carboxylic acids is 14. The average molecular weight is 1750 g/mol. The van der Waals surface area contributed by atoms with Crippen LogP contribution in [-0.2, 0) is 108 Å². The van der Waals surface area contributed by atoms with E-state index in [2.05, 4.69) is 31.9 Å². The Labute approximate surface area is 696 Å². The Morgan fingerprint density at radius 2 is 0.901 bits per heavy atom. The van der Waals surface area contributed by atoms with Gasteiger partial charge in [-0.05, 0) is 144 Å². The minimum absolute atomic E-state index is 0.0317. The molecule has 17 atom stereocenters. The summed E-state index contributed by atoms with van der Waals surface area (Å²) in [4.78, 5) is 242. The molecule has 2 unspecified atom stereocenters. The Morgan fingerprint density at radius 3 is 1.31 bits per heavy atom. The van der Waals surface area contributed by atoms with E-state index < -0.39 is 258 Å². The molecule has 10 N–H and O–H groups in total. The third-order valence-corrected chi connectivity index (χ3v) is 23.5. The van der Waals surface area contributed by atoms with Crippen molar-refractivity contribution in [2.24, 2.45) is 11.8 Å². The summed E-state index contributed by atoms with van der Waals surface area (Å²) in [6, 6.07) is -11.5. The number of unbranched alkanes of at least 4 members (excludes halogenated alkanes) is 4. The van der Waals surface area contributed by atoms with Crippen LogP contribution < -0.4 is 31.9 Å². The molecule has 8 heterocycles. The fourth-order valence-corrected chi connectivity index (χ4v) is 17.6. The molecule has 36 nitrogen and oxygen atoms in total. The van der Waals surface area contributed by atoms with Gasteiger partial charge in [-0.25, -0.2) is 36.3 Å². The van der Waals surface area contributed by atoms with E-state index in [0.717, 1.165) is 59.7 Å². The van der Waals surface area contributed by atoms with Gasteiger partial charge >= 0.3 is 27.6 Å². The number of halogens is 4. The summed E-state index contributed by atoms with van der Waals surface area (Å²) in [7, 11) is -10.4. The Balaban J connectivity index is 0.000000275. The van der Waals surface area contributed by atoms with Gasteiger partial charge in [0.2, 0.25) is 70.9 Å². The normalized spacial score (nSPS) is 28.0. The first kappa shape index (κ1) is 95.3. The molecule has 121 heavy (non-hydrogen) atoms. The van der Waals surface area contributed by atoms with Gasteiger partial charge in [0.25, 0.3) is 0 Å². The highest BCUT2D eigenvalue weighted by atomic mass is 31.2. The molecule has 2 aromatic carbocycles. The lowest BCUT2D eigenvalue weighted by Crippen LogP contribution is -2.63. The molecule has 8 aliphatic heterocycles. The van der Waals surface area contributed by atoms with E-state index in [0.29, 0.717) is 50.7 Å². The molecule has 2 aromatic rings. The van der Waals surface area contributed by atoms with Crippen molar-refractivity contribution >= 4 is 98.5 Å². The average Bonchev–Trinajstić information content (AvgIpc) is 1.67. The number of phosphoric acid groups is 2. The van der Waals surface area contributed by atoms with Crippen molar-refractivity contribution in [1.82, 2.24) is 61.3 Å². The van der Waals surface area contributed by atoms with E-state index >= 15 is 0 Å². The number of fused-ring (bicyclic) bond motifs is 6. The predicted octanol–water partition coefficient (Wildman–Crippen LogP) is 2.35. The Morgan fingerprint density at radius 1 is 0.504 bits per heavy atom. The van der Waals surface area contributed by atoms with Crippen molar-refractivity contribution < 1.29 is 132 Å². The van der Waals surface area contributed by atoms with Gasteiger partial charge in [0.15, 0.2) is 0 Å². The number of rotatable bonds is 22.